The molecule has 108 valence electrons. The van der Waals surface area contributed by atoms with Crippen LogP contribution in [0.15, 0.2) is 18.2 Å². The summed E-state index contributed by atoms with van der Waals surface area (Å²) in [5.74, 6) is -0.842. The quantitative estimate of drug-likeness (QED) is 0.682. The molecule has 2 unspecified atom stereocenters. The van der Waals surface area contributed by atoms with Crippen molar-refractivity contribution >= 4 is 23.3 Å². The zero-order valence-corrected chi connectivity index (χ0v) is 11.7. The molecule has 0 amide bonds. The van der Waals surface area contributed by atoms with Crippen LogP contribution in [-0.2, 0) is 11.3 Å². The summed E-state index contributed by atoms with van der Waals surface area (Å²) in [6.45, 7) is 2.75. The fourth-order valence-electron chi connectivity index (χ4n) is 2.66. The highest BCUT2D eigenvalue weighted by atomic mass is 35.5. The number of halogens is 1. The van der Waals surface area contributed by atoms with Gasteiger partial charge < -0.3 is 5.11 Å². The molecule has 1 aliphatic rings. The molecule has 2 atom stereocenters. The van der Waals surface area contributed by atoms with Crippen molar-refractivity contribution in [3.05, 3.63) is 38.9 Å². The summed E-state index contributed by atoms with van der Waals surface area (Å²) in [6, 6.07) is 3.87. The fraction of sp³-hybridized carbons (Fsp3) is 0.462. The maximum Gasteiger partial charge on any atom is 0.321 e. The largest absolute Gasteiger partial charge is 0.480 e. The van der Waals surface area contributed by atoms with Crippen LogP contribution in [0.3, 0.4) is 0 Å². The Morgan fingerprint density at radius 2 is 2.30 bits per heavy atom. The first-order chi connectivity index (χ1) is 9.40. The summed E-state index contributed by atoms with van der Waals surface area (Å²) in [6.07, 6.45) is 0.776. The highest BCUT2D eigenvalue weighted by Gasteiger charge is 2.37. The van der Waals surface area contributed by atoms with Gasteiger partial charge in [-0.05, 0) is 31.0 Å². The fourth-order valence-corrected chi connectivity index (χ4v) is 2.83. The number of likely N-dealkylation sites (tertiary alicyclic amines) is 1. The third-order valence-corrected chi connectivity index (χ3v) is 3.91. The molecular formula is C13H15ClN2O4. The van der Waals surface area contributed by atoms with Crippen LogP contribution in [0.25, 0.3) is 0 Å². The molecule has 7 heteroatoms. The van der Waals surface area contributed by atoms with Gasteiger partial charge in [-0.25, -0.2) is 0 Å². The molecule has 1 fully saturated rings. The van der Waals surface area contributed by atoms with Crippen molar-refractivity contribution < 1.29 is 14.8 Å². The van der Waals surface area contributed by atoms with Gasteiger partial charge in [0, 0.05) is 23.2 Å². The molecule has 1 aliphatic heterocycles. The molecule has 0 saturated carbocycles. The van der Waals surface area contributed by atoms with Gasteiger partial charge in [-0.2, -0.15) is 0 Å². The van der Waals surface area contributed by atoms with E-state index in [1.807, 2.05) is 6.92 Å². The van der Waals surface area contributed by atoms with Gasteiger partial charge >= 0.3 is 5.97 Å². The third-order valence-electron chi connectivity index (χ3n) is 3.67. The van der Waals surface area contributed by atoms with E-state index in [0.29, 0.717) is 17.1 Å². The number of benzene rings is 1. The lowest BCUT2D eigenvalue weighted by atomic mass is 10.0. The molecule has 0 bridgehead atoms. The first-order valence-corrected chi connectivity index (χ1v) is 6.67. The molecule has 1 N–H and O–H groups in total. The Morgan fingerprint density at radius 1 is 1.60 bits per heavy atom. The molecule has 6 nitrogen and oxygen atoms in total. The molecular weight excluding hydrogens is 284 g/mol. The summed E-state index contributed by atoms with van der Waals surface area (Å²) in [7, 11) is 0. The van der Waals surface area contributed by atoms with E-state index in [9.17, 15) is 20.0 Å². The van der Waals surface area contributed by atoms with Crippen LogP contribution >= 0.6 is 11.6 Å². The Kier molecular flexibility index (Phi) is 4.25. The number of rotatable bonds is 4. The van der Waals surface area contributed by atoms with Crippen LogP contribution < -0.4 is 0 Å². The molecule has 0 spiro atoms. The molecule has 2 rings (SSSR count). The molecule has 1 saturated heterocycles. The van der Waals surface area contributed by atoms with Crippen LogP contribution in [0, 0.1) is 16.0 Å². The Bertz CT molecular complexity index is 549. The standard InChI is InChI=1S/C13H15ClN2O4/c1-8-4-5-15(12(8)13(17)18)7-9-2-3-10(14)6-11(9)16(19)20/h2-3,6,8,12H,4-5,7H2,1H3,(H,17,18). The van der Waals surface area contributed by atoms with Crippen molar-refractivity contribution in [2.75, 3.05) is 6.54 Å². The van der Waals surface area contributed by atoms with Crippen LogP contribution in [-0.4, -0.2) is 33.5 Å². The van der Waals surface area contributed by atoms with Gasteiger partial charge in [0.25, 0.3) is 5.69 Å². The van der Waals surface area contributed by atoms with Crippen LogP contribution in [0.4, 0.5) is 5.69 Å². The lowest BCUT2D eigenvalue weighted by Gasteiger charge is -2.23. The van der Waals surface area contributed by atoms with E-state index in [1.165, 1.54) is 6.07 Å². The van der Waals surface area contributed by atoms with Crippen LogP contribution in [0.5, 0.6) is 0 Å². The minimum Gasteiger partial charge on any atom is -0.480 e. The Hall–Kier alpha value is -1.66. The number of hydrogen-bond acceptors (Lipinski definition) is 4. The predicted octanol–water partition coefficient (Wildman–Crippen LogP) is 2.54. The highest BCUT2D eigenvalue weighted by molar-refractivity contribution is 6.30. The molecule has 0 aromatic heterocycles. The van der Waals surface area contributed by atoms with Crippen LogP contribution in [0.2, 0.25) is 5.02 Å². The number of nitro benzene ring substituents is 1. The van der Waals surface area contributed by atoms with Gasteiger partial charge in [0.2, 0.25) is 0 Å². The van der Waals surface area contributed by atoms with E-state index in [2.05, 4.69) is 0 Å². The van der Waals surface area contributed by atoms with Crippen molar-refractivity contribution in [1.82, 2.24) is 4.90 Å². The van der Waals surface area contributed by atoms with Crippen molar-refractivity contribution in [3.8, 4) is 0 Å². The van der Waals surface area contributed by atoms with Crippen LogP contribution in [0.1, 0.15) is 18.9 Å². The van der Waals surface area contributed by atoms with Gasteiger partial charge in [0.15, 0.2) is 0 Å². The number of nitro groups is 1. The second-order valence-electron chi connectivity index (χ2n) is 5.05. The maximum absolute atomic E-state index is 11.3. The maximum atomic E-state index is 11.3. The summed E-state index contributed by atoms with van der Waals surface area (Å²) in [4.78, 5) is 23.6. The summed E-state index contributed by atoms with van der Waals surface area (Å²) >= 11 is 5.77. The monoisotopic (exact) mass is 298 g/mol. The predicted molar refractivity (Wildman–Crippen MR) is 73.7 cm³/mol. The van der Waals surface area contributed by atoms with E-state index in [-0.39, 0.29) is 18.2 Å². The van der Waals surface area contributed by atoms with E-state index in [1.54, 1.807) is 17.0 Å². The number of carboxylic acid groups (broad SMARTS) is 1. The zero-order chi connectivity index (χ0) is 14.9. The van der Waals surface area contributed by atoms with E-state index >= 15 is 0 Å². The van der Waals surface area contributed by atoms with E-state index in [4.69, 9.17) is 11.6 Å². The third kappa shape index (κ3) is 2.91. The second-order valence-corrected chi connectivity index (χ2v) is 5.49. The van der Waals surface area contributed by atoms with Crippen molar-refractivity contribution in [3.63, 3.8) is 0 Å². The van der Waals surface area contributed by atoms with Crippen molar-refractivity contribution in [2.45, 2.75) is 25.9 Å². The molecule has 1 heterocycles. The van der Waals surface area contributed by atoms with E-state index in [0.717, 1.165) is 6.42 Å². The number of carboxylic acids is 1. The minimum atomic E-state index is -0.883. The number of aliphatic carboxylic acids is 1. The Labute approximate surface area is 121 Å². The molecule has 20 heavy (non-hydrogen) atoms. The first kappa shape index (κ1) is 14.7. The topological polar surface area (TPSA) is 83.7 Å². The SMILES string of the molecule is CC1CCN(Cc2ccc(Cl)cc2[N+](=O)[O-])C1C(=O)O. The Balaban J connectivity index is 2.26. The normalized spacial score (nSPS) is 22.9. The average molecular weight is 299 g/mol. The molecule has 0 aliphatic carbocycles. The molecule has 0 radical (unpaired) electrons. The lowest BCUT2D eigenvalue weighted by Crippen LogP contribution is -2.38. The smallest absolute Gasteiger partial charge is 0.321 e. The zero-order valence-electron chi connectivity index (χ0n) is 11.0. The highest BCUT2D eigenvalue weighted by Crippen LogP contribution is 2.30. The number of hydrogen-bond donors (Lipinski definition) is 1. The summed E-state index contributed by atoms with van der Waals surface area (Å²) < 4.78 is 0. The number of nitrogens with zero attached hydrogens (tertiary/aromatic N) is 2. The molecule has 1 aromatic carbocycles. The summed E-state index contributed by atoms with van der Waals surface area (Å²) in [5.41, 5.74) is 0.418. The van der Waals surface area contributed by atoms with Gasteiger partial charge in [0.1, 0.15) is 6.04 Å². The molecule has 1 aromatic rings. The first-order valence-electron chi connectivity index (χ1n) is 6.30. The van der Waals surface area contributed by atoms with Gasteiger partial charge in [-0.15, -0.1) is 0 Å². The summed E-state index contributed by atoms with van der Waals surface area (Å²) in [5, 5.41) is 20.6. The van der Waals surface area contributed by atoms with Gasteiger partial charge in [-0.3, -0.25) is 19.8 Å². The average Bonchev–Trinajstić information content (AvgIpc) is 2.72. The van der Waals surface area contributed by atoms with Crippen molar-refractivity contribution in [2.24, 2.45) is 5.92 Å². The van der Waals surface area contributed by atoms with Gasteiger partial charge in [-0.1, -0.05) is 18.5 Å². The second kappa shape index (κ2) is 5.76. The lowest BCUT2D eigenvalue weighted by molar-refractivity contribution is -0.385. The Morgan fingerprint density at radius 3 is 2.90 bits per heavy atom. The van der Waals surface area contributed by atoms with Crippen molar-refractivity contribution in [1.29, 1.82) is 0 Å². The minimum absolute atomic E-state index is 0.0406. The van der Waals surface area contributed by atoms with Gasteiger partial charge in [0.05, 0.1) is 4.92 Å². The number of carbonyl (C=O) groups is 1. The van der Waals surface area contributed by atoms with E-state index < -0.39 is 16.9 Å².